The lowest BCUT2D eigenvalue weighted by molar-refractivity contribution is 0.487. The Labute approximate surface area is 272 Å². The molecule has 0 spiro atoms. The summed E-state index contributed by atoms with van der Waals surface area (Å²) in [5, 5.41) is 9.94. The van der Waals surface area contributed by atoms with Crippen LogP contribution in [0.4, 0.5) is 0 Å². The van der Waals surface area contributed by atoms with Crippen LogP contribution in [0, 0.1) is 0 Å². The average Bonchev–Trinajstić information content (AvgIpc) is 3.14. The standard InChI is InChI=1S/C46H28O/c1-2-11-29(12-3-1)32-25-33(36-23-24-44-46-39(36)18-10-19-40(46)38-17-8-9-20-43(38)47-44)27-34(26-32)45-37-16-7-5-14-31(37)28-42-35-15-6-4-13-30(35)21-22-41(42)45/h1-28H. The van der Waals surface area contributed by atoms with Gasteiger partial charge in [0, 0.05) is 10.9 Å². The van der Waals surface area contributed by atoms with Gasteiger partial charge in [-0.05, 0) is 113 Å². The molecule has 0 unspecified atom stereocenters. The van der Waals surface area contributed by atoms with Crippen molar-refractivity contribution in [3.63, 3.8) is 0 Å². The molecule has 1 aliphatic rings. The zero-order valence-corrected chi connectivity index (χ0v) is 25.6. The van der Waals surface area contributed by atoms with E-state index in [0.29, 0.717) is 0 Å². The predicted octanol–water partition coefficient (Wildman–Crippen LogP) is 13.1. The van der Waals surface area contributed by atoms with Gasteiger partial charge in [0.05, 0.1) is 0 Å². The van der Waals surface area contributed by atoms with Crippen LogP contribution in [0.1, 0.15) is 0 Å². The molecule has 0 aliphatic carbocycles. The van der Waals surface area contributed by atoms with E-state index in [1.807, 2.05) is 6.07 Å². The maximum absolute atomic E-state index is 6.46. The van der Waals surface area contributed by atoms with Gasteiger partial charge in [-0.25, -0.2) is 0 Å². The van der Waals surface area contributed by atoms with Gasteiger partial charge >= 0.3 is 0 Å². The number of para-hydroxylation sites is 1. The Morgan fingerprint density at radius 2 is 1.00 bits per heavy atom. The van der Waals surface area contributed by atoms with Crippen molar-refractivity contribution in [2.75, 3.05) is 0 Å². The fourth-order valence-corrected chi connectivity index (χ4v) is 7.69. The third kappa shape index (κ3) is 4.03. The molecule has 1 nitrogen and oxygen atoms in total. The molecule has 0 saturated heterocycles. The third-order valence-corrected chi connectivity index (χ3v) is 9.81. The summed E-state index contributed by atoms with van der Waals surface area (Å²) in [7, 11) is 0. The first kappa shape index (κ1) is 26.1. The Balaban J connectivity index is 1.30. The van der Waals surface area contributed by atoms with Crippen molar-refractivity contribution < 1.29 is 4.74 Å². The second-order valence-electron chi connectivity index (χ2n) is 12.5. The fourth-order valence-electron chi connectivity index (χ4n) is 7.69. The first-order valence-electron chi connectivity index (χ1n) is 16.2. The van der Waals surface area contributed by atoms with Crippen molar-refractivity contribution in [1.82, 2.24) is 0 Å². The maximum Gasteiger partial charge on any atom is 0.135 e. The number of rotatable bonds is 3. The molecule has 1 aliphatic heterocycles. The molecular weight excluding hydrogens is 569 g/mol. The van der Waals surface area contributed by atoms with Crippen LogP contribution in [-0.2, 0) is 0 Å². The largest absolute Gasteiger partial charge is 0.456 e. The van der Waals surface area contributed by atoms with Crippen molar-refractivity contribution in [3.8, 4) is 56.0 Å². The molecular formula is C46H28O. The Kier molecular flexibility index (Phi) is 5.64. The van der Waals surface area contributed by atoms with E-state index < -0.39 is 0 Å². The van der Waals surface area contributed by atoms with Crippen LogP contribution in [0.5, 0.6) is 11.5 Å². The summed E-state index contributed by atoms with van der Waals surface area (Å²) < 4.78 is 6.46. The van der Waals surface area contributed by atoms with Crippen molar-refractivity contribution in [3.05, 3.63) is 170 Å². The van der Waals surface area contributed by atoms with Gasteiger partial charge in [0.2, 0.25) is 0 Å². The number of hydrogen-bond acceptors (Lipinski definition) is 1. The Morgan fingerprint density at radius 1 is 0.298 bits per heavy atom. The Morgan fingerprint density at radius 3 is 1.91 bits per heavy atom. The van der Waals surface area contributed by atoms with Crippen molar-refractivity contribution in [2.45, 2.75) is 0 Å². The van der Waals surface area contributed by atoms with Crippen LogP contribution < -0.4 is 4.74 Å². The summed E-state index contributed by atoms with van der Waals surface area (Å²) in [5.74, 6) is 1.81. The quantitative estimate of drug-likeness (QED) is 0.146. The van der Waals surface area contributed by atoms with Gasteiger partial charge in [0.1, 0.15) is 11.5 Å². The molecule has 0 fully saturated rings. The monoisotopic (exact) mass is 596 g/mol. The predicted molar refractivity (Wildman–Crippen MR) is 198 cm³/mol. The number of benzene rings is 9. The summed E-state index contributed by atoms with van der Waals surface area (Å²) in [6.07, 6.45) is 0. The van der Waals surface area contributed by atoms with Crippen molar-refractivity contribution in [2.24, 2.45) is 0 Å². The minimum atomic E-state index is 0.906. The highest BCUT2D eigenvalue weighted by atomic mass is 16.5. The first-order valence-corrected chi connectivity index (χ1v) is 16.2. The van der Waals surface area contributed by atoms with Crippen molar-refractivity contribution >= 4 is 43.1 Å². The van der Waals surface area contributed by atoms with E-state index in [2.05, 4.69) is 164 Å². The highest BCUT2D eigenvalue weighted by molar-refractivity contribution is 6.20. The van der Waals surface area contributed by atoms with Crippen LogP contribution in [0.2, 0.25) is 0 Å². The highest BCUT2D eigenvalue weighted by Gasteiger charge is 2.22. The fraction of sp³-hybridized carbons (Fsp3) is 0. The van der Waals surface area contributed by atoms with Gasteiger partial charge in [-0.2, -0.15) is 0 Å². The lowest BCUT2D eigenvalue weighted by atomic mass is 9.85. The molecule has 1 heteroatoms. The molecule has 0 atom stereocenters. The molecule has 0 saturated carbocycles. The molecule has 218 valence electrons. The van der Waals surface area contributed by atoms with E-state index in [1.165, 1.54) is 76.6 Å². The van der Waals surface area contributed by atoms with E-state index in [-0.39, 0.29) is 0 Å². The van der Waals surface area contributed by atoms with E-state index >= 15 is 0 Å². The smallest absolute Gasteiger partial charge is 0.135 e. The molecule has 0 amide bonds. The molecule has 1 heterocycles. The topological polar surface area (TPSA) is 9.23 Å². The minimum Gasteiger partial charge on any atom is -0.456 e. The summed E-state index contributed by atoms with van der Waals surface area (Å²) >= 11 is 0. The molecule has 0 radical (unpaired) electrons. The molecule has 9 aromatic rings. The minimum absolute atomic E-state index is 0.906. The number of fused-ring (bicyclic) bond motifs is 6. The first-order chi connectivity index (χ1) is 23.3. The van der Waals surface area contributed by atoms with Gasteiger partial charge in [0.25, 0.3) is 0 Å². The molecule has 0 bridgehead atoms. The lowest BCUT2D eigenvalue weighted by Crippen LogP contribution is -1.97. The second kappa shape index (κ2) is 10.2. The third-order valence-electron chi connectivity index (χ3n) is 9.81. The molecule has 0 aromatic heterocycles. The van der Waals surface area contributed by atoms with Gasteiger partial charge in [-0.15, -0.1) is 0 Å². The average molecular weight is 597 g/mol. The van der Waals surface area contributed by atoms with E-state index in [0.717, 1.165) is 22.4 Å². The van der Waals surface area contributed by atoms with Gasteiger partial charge < -0.3 is 4.74 Å². The summed E-state index contributed by atoms with van der Waals surface area (Å²) in [6.45, 7) is 0. The normalized spacial score (nSPS) is 12.0. The number of hydrogen-bond donors (Lipinski definition) is 0. The van der Waals surface area contributed by atoms with Gasteiger partial charge in [-0.1, -0.05) is 133 Å². The van der Waals surface area contributed by atoms with Crippen LogP contribution in [0.3, 0.4) is 0 Å². The molecule has 0 N–H and O–H groups in total. The van der Waals surface area contributed by atoms with Gasteiger partial charge in [-0.3, -0.25) is 0 Å². The lowest BCUT2D eigenvalue weighted by Gasteiger charge is -2.23. The van der Waals surface area contributed by atoms with E-state index in [9.17, 15) is 0 Å². The SMILES string of the molecule is c1ccc(-c2cc(-c3ccc4c5c(cccc35)-c3ccccc3O4)cc(-c3c4ccccc4cc4c3ccc3ccccc34)c2)cc1. The van der Waals surface area contributed by atoms with Crippen LogP contribution in [0.15, 0.2) is 170 Å². The van der Waals surface area contributed by atoms with E-state index in [4.69, 9.17) is 4.74 Å². The van der Waals surface area contributed by atoms with Crippen LogP contribution >= 0.6 is 0 Å². The summed E-state index contributed by atoms with van der Waals surface area (Å²) in [6, 6.07) is 61.7. The van der Waals surface area contributed by atoms with Crippen LogP contribution in [0.25, 0.3) is 87.6 Å². The molecule has 47 heavy (non-hydrogen) atoms. The van der Waals surface area contributed by atoms with Crippen LogP contribution in [-0.4, -0.2) is 0 Å². The second-order valence-corrected chi connectivity index (χ2v) is 12.5. The van der Waals surface area contributed by atoms with E-state index in [1.54, 1.807) is 0 Å². The molecule has 10 rings (SSSR count). The Hall–Kier alpha value is -6.18. The van der Waals surface area contributed by atoms with Crippen molar-refractivity contribution in [1.29, 1.82) is 0 Å². The summed E-state index contributed by atoms with van der Waals surface area (Å²) in [5.41, 5.74) is 9.60. The molecule has 9 aromatic carbocycles. The Bertz CT molecular complexity index is 2700. The highest BCUT2D eigenvalue weighted by Crippen LogP contribution is 2.49. The number of ether oxygens (including phenoxy) is 1. The zero-order valence-electron chi connectivity index (χ0n) is 25.6. The summed E-state index contributed by atoms with van der Waals surface area (Å²) in [4.78, 5) is 0. The zero-order chi connectivity index (χ0) is 30.9. The van der Waals surface area contributed by atoms with Gasteiger partial charge in [0.15, 0.2) is 0 Å². The maximum atomic E-state index is 6.46.